The van der Waals surface area contributed by atoms with Gasteiger partial charge >= 0.3 is 0 Å². The number of hydrogen-bond acceptors (Lipinski definition) is 3. The summed E-state index contributed by atoms with van der Waals surface area (Å²) in [5.41, 5.74) is 1.27. The van der Waals surface area contributed by atoms with Gasteiger partial charge in [-0.2, -0.15) is 0 Å². The highest BCUT2D eigenvalue weighted by Crippen LogP contribution is 2.21. The zero-order valence-corrected chi connectivity index (χ0v) is 9.73. The third-order valence-electron chi connectivity index (χ3n) is 2.69. The maximum atomic E-state index is 12.5. The van der Waals surface area contributed by atoms with Crippen molar-refractivity contribution in [3.05, 3.63) is 41.7 Å². The van der Waals surface area contributed by atoms with E-state index in [1.54, 1.807) is 24.5 Å². The number of nitrogens with zero attached hydrogens (tertiary/aromatic N) is 1. The summed E-state index contributed by atoms with van der Waals surface area (Å²) in [6.45, 7) is -0.0323. The van der Waals surface area contributed by atoms with Crippen LogP contribution >= 0.6 is 0 Å². The molecule has 0 spiro atoms. The molecule has 4 nitrogen and oxygen atoms in total. The highest BCUT2D eigenvalue weighted by Gasteiger charge is 2.23. The first kappa shape index (κ1) is 12.4. The number of allylic oxidation sites excluding steroid dienone is 1. The molecule has 1 aliphatic carbocycles. The SMILES string of the molecule is O=C(CNC(=O)C1=CC(F)C1)Cc1ccncc1. The molecule has 0 aromatic carbocycles. The van der Waals surface area contributed by atoms with Gasteiger partial charge in [-0.1, -0.05) is 0 Å². The molecule has 0 radical (unpaired) electrons. The summed E-state index contributed by atoms with van der Waals surface area (Å²) < 4.78 is 12.5. The number of Topliss-reactive ketones (excluding diaryl/α,β-unsaturated/α-hetero) is 1. The second-order valence-electron chi connectivity index (χ2n) is 4.17. The number of hydrogen-bond donors (Lipinski definition) is 1. The van der Waals surface area contributed by atoms with Crippen molar-refractivity contribution < 1.29 is 14.0 Å². The zero-order valence-electron chi connectivity index (χ0n) is 9.73. The molecular weight excluding hydrogens is 235 g/mol. The minimum absolute atomic E-state index is 0.0323. The van der Waals surface area contributed by atoms with Crippen molar-refractivity contribution in [2.45, 2.75) is 19.0 Å². The van der Waals surface area contributed by atoms with Crippen molar-refractivity contribution in [2.24, 2.45) is 0 Å². The van der Waals surface area contributed by atoms with Crippen molar-refractivity contribution in [1.29, 1.82) is 0 Å². The average molecular weight is 248 g/mol. The molecule has 5 heteroatoms. The van der Waals surface area contributed by atoms with E-state index in [0.29, 0.717) is 5.57 Å². The Hall–Kier alpha value is -2.04. The minimum Gasteiger partial charge on any atom is -0.345 e. The number of pyridine rings is 1. The van der Waals surface area contributed by atoms with Crippen LogP contribution in [-0.4, -0.2) is 29.4 Å². The van der Waals surface area contributed by atoms with Crippen LogP contribution in [0.25, 0.3) is 0 Å². The standard InChI is InChI=1S/C13H13FN2O2/c14-11-6-10(7-11)13(18)16-8-12(17)5-9-1-3-15-4-2-9/h1-4,6,11H,5,7-8H2,(H,16,18). The molecule has 1 aliphatic rings. The molecule has 0 saturated heterocycles. The van der Waals surface area contributed by atoms with Crippen molar-refractivity contribution in [3.8, 4) is 0 Å². The molecule has 1 heterocycles. The van der Waals surface area contributed by atoms with Crippen molar-refractivity contribution in [1.82, 2.24) is 10.3 Å². The second-order valence-corrected chi connectivity index (χ2v) is 4.17. The Kier molecular flexibility index (Phi) is 3.82. The minimum atomic E-state index is -1.02. The molecule has 2 rings (SSSR count). The maximum absolute atomic E-state index is 12.5. The van der Waals surface area contributed by atoms with Crippen LogP contribution in [-0.2, 0) is 16.0 Å². The Morgan fingerprint density at radius 2 is 2.06 bits per heavy atom. The number of alkyl halides is 1. The molecule has 1 amide bonds. The smallest absolute Gasteiger partial charge is 0.247 e. The lowest BCUT2D eigenvalue weighted by Gasteiger charge is -2.17. The van der Waals surface area contributed by atoms with E-state index in [2.05, 4.69) is 10.3 Å². The zero-order chi connectivity index (χ0) is 13.0. The van der Waals surface area contributed by atoms with Crippen molar-refractivity contribution in [2.75, 3.05) is 6.54 Å². The van der Waals surface area contributed by atoms with Crippen LogP contribution in [0.5, 0.6) is 0 Å². The number of amides is 1. The van der Waals surface area contributed by atoms with Crippen LogP contribution < -0.4 is 5.32 Å². The number of aromatic nitrogens is 1. The van der Waals surface area contributed by atoms with E-state index in [-0.39, 0.29) is 31.1 Å². The number of nitrogens with one attached hydrogen (secondary N) is 1. The first-order valence-electron chi connectivity index (χ1n) is 5.68. The highest BCUT2D eigenvalue weighted by molar-refractivity contribution is 5.97. The van der Waals surface area contributed by atoms with Crippen LogP contribution in [0.2, 0.25) is 0 Å². The van der Waals surface area contributed by atoms with Gasteiger partial charge in [0.2, 0.25) is 5.91 Å². The summed E-state index contributed by atoms with van der Waals surface area (Å²) in [5, 5.41) is 2.49. The largest absolute Gasteiger partial charge is 0.345 e. The summed E-state index contributed by atoms with van der Waals surface area (Å²) in [5.74, 6) is -0.446. The third kappa shape index (κ3) is 3.23. The van der Waals surface area contributed by atoms with E-state index in [0.717, 1.165) is 5.56 Å². The van der Waals surface area contributed by atoms with E-state index in [1.807, 2.05) is 0 Å². The lowest BCUT2D eigenvalue weighted by atomic mass is 9.96. The molecule has 0 saturated carbocycles. The first-order valence-corrected chi connectivity index (χ1v) is 5.68. The lowest BCUT2D eigenvalue weighted by molar-refractivity contribution is -0.123. The van der Waals surface area contributed by atoms with Crippen molar-refractivity contribution >= 4 is 11.7 Å². The first-order chi connectivity index (χ1) is 8.65. The Labute approximate surface area is 104 Å². The predicted octanol–water partition coefficient (Wildman–Crippen LogP) is 0.978. The molecule has 0 bridgehead atoms. The lowest BCUT2D eigenvalue weighted by Crippen LogP contribution is -2.34. The van der Waals surface area contributed by atoms with Gasteiger partial charge in [0.05, 0.1) is 6.54 Å². The Bertz CT molecular complexity index is 485. The number of carbonyl (C=O) groups excluding carboxylic acids is 2. The van der Waals surface area contributed by atoms with Gasteiger partial charge in [0.15, 0.2) is 5.78 Å². The quantitative estimate of drug-likeness (QED) is 0.845. The van der Waals surface area contributed by atoms with Gasteiger partial charge in [-0.05, 0) is 23.8 Å². The monoisotopic (exact) mass is 248 g/mol. The summed E-state index contributed by atoms with van der Waals surface area (Å²) in [6.07, 6.45) is 3.88. The summed E-state index contributed by atoms with van der Waals surface area (Å²) in [6, 6.07) is 3.50. The molecule has 1 aromatic rings. The summed E-state index contributed by atoms with van der Waals surface area (Å²) in [7, 11) is 0. The maximum Gasteiger partial charge on any atom is 0.247 e. The van der Waals surface area contributed by atoms with Gasteiger partial charge in [0, 0.05) is 30.8 Å². The molecular formula is C13H13FN2O2. The molecule has 0 fully saturated rings. The molecule has 1 aromatic heterocycles. The molecule has 94 valence electrons. The van der Waals surface area contributed by atoms with Gasteiger partial charge < -0.3 is 5.32 Å². The average Bonchev–Trinajstić information content (AvgIpc) is 2.33. The molecule has 18 heavy (non-hydrogen) atoms. The van der Waals surface area contributed by atoms with Gasteiger partial charge in [-0.3, -0.25) is 14.6 Å². The molecule has 0 aliphatic heterocycles. The fraction of sp³-hybridized carbons (Fsp3) is 0.308. The normalized spacial score (nSPS) is 17.6. The van der Waals surface area contributed by atoms with E-state index in [1.165, 1.54) is 6.08 Å². The van der Waals surface area contributed by atoms with E-state index >= 15 is 0 Å². The number of halogens is 1. The van der Waals surface area contributed by atoms with Crippen LogP contribution in [0.15, 0.2) is 36.2 Å². The highest BCUT2D eigenvalue weighted by atomic mass is 19.1. The van der Waals surface area contributed by atoms with Gasteiger partial charge in [0.25, 0.3) is 0 Å². The van der Waals surface area contributed by atoms with Gasteiger partial charge in [0.1, 0.15) is 6.17 Å². The van der Waals surface area contributed by atoms with Gasteiger partial charge in [-0.15, -0.1) is 0 Å². The Morgan fingerprint density at radius 1 is 1.39 bits per heavy atom. The number of carbonyl (C=O) groups is 2. The predicted molar refractivity (Wildman–Crippen MR) is 63.6 cm³/mol. The van der Waals surface area contributed by atoms with Crippen LogP contribution in [0.3, 0.4) is 0 Å². The topological polar surface area (TPSA) is 59.1 Å². The van der Waals surface area contributed by atoms with E-state index < -0.39 is 6.17 Å². The molecule has 1 N–H and O–H groups in total. The molecule has 1 atom stereocenters. The fourth-order valence-electron chi connectivity index (χ4n) is 1.65. The molecule has 1 unspecified atom stereocenters. The van der Waals surface area contributed by atoms with E-state index in [9.17, 15) is 14.0 Å². The third-order valence-corrected chi connectivity index (χ3v) is 2.69. The number of rotatable bonds is 5. The number of ketones is 1. The summed E-state index contributed by atoms with van der Waals surface area (Å²) in [4.78, 5) is 26.9. The second kappa shape index (κ2) is 5.53. The fourth-order valence-corrected chi connectivity index (χ4v) is 1.65. The Morgan fingerprint density at radius 3 is 2.67 bits per heavy atom. The van der Waals surface area contributed by atoms with Crippen molar-refractivity contribution in [3.63, 3.8) is 0 Å². The Balaban J connectivity index is 1.75. The summed E-state index contributed by atoms with van der Waals surface area (Å²) >= 11 is 0. The van der Waals surface area contributed by atoms with Crippen LogP contribution in [0, 0.1) is 0 Å². The van der Waals surface area contributed by atoms with Crippen LogP contribution in [0.4, 0.5) is 4.39 Å². The van der Waals surface area contributed by atoms with E-state index in [4.69, 9.17) is 0 Å². The van der Waals surface area contributed by atoms with Crippen LogP contribution in [0.1, 0.15) is 12.0 Å². The van der Waals surface area contributed by atoms with Gasteiger partial charge in [-0.25, -0.2) is 4.39 Å².